The highest BCUT2D eigenvalue weighted by Crippen LogP contribution is 2.20. The van der Waals surface area contributed by atoms with Gasteiger partial charge in [-0.3, -0.25) is 9.59 Å². The van der Waals surface area contributed by atoms with Crippen LogP contribution in [-0.4, -0.2) is 20.9 Å². The molecule has 2 heterocycles. The van der Waals surface area contributed by atoms with Crippen molar-refractivity contribution >= 4 is 58.4 Å². The van der Waals surface area contributed by atoms with Crippen LogP contribution in [0.3, 0.4) is 0 Å². The molecule has 8 heteroatoms. The number of para-hydroxylation sites is 4. The summed E-state index contributed by atoms with van der Waals surface area (Å²) in [6.45, 7) is 0. The normalized spacial score (nSPS) is 11.3. The molecule has 0 bridgehead atoms. The van der Waals surface area contributed by atoms with Gasteiger partial charge in [0.15, 0.2) is 11.2 Å². The largest absolute Gasteiger partial charge is 0.429 e. The van der Waals surface area contributed by atoms with Crippen molar-refractivity contribution in [2.75, 3.05) is 0 Å². The van der Waals surface area contributed by atoms with Crippen molar-refractivity contribution in [2.24, 2.45) is 0 Å². The smallest absolute Gasteiger partial charge is 0.276 e. The molecule has 0 aliphatic heterocycles. The number of carbonyl (C=O) groups excluding carboxylic acids is 2. The highest BCUT2D eigenvalue weighted by molar-refractivity contribution is 7.71. The zero-order valence-corrected chi connectivity index (χ0v) is 16.4. The summed E-state index contributed by atoms with van der Waals surface area (Å²) >= 11 is 10.3. The molecule has 0 aliphatic rings. The van der Waals surface area contributed by atoms with Gasteiger partial charge in [0.2, 0.25) is 11.8 Å². The first-order valence-corrected chi connectivity index (χ1v) is 9.65. The van der Waals surface area contributed by atoms with Crippen LogP contribution >= 0.6 is 24.4 Å². The Hall–Kier alpha value is -2.84. The van der Waals surface area contributed by atoms with Gasteiger partial charge in [0.05, 0.1) is 11.0 Å². The average molecular weight is 412 g/mol. The van der Waals surface area contributed by atoms with Crippen LogP contribution in [0.5, 0.6) is 0 Å². The van der Waals surface area contributed by atoms with Gasteiger partial charge < -0.3 is 8.83 Å². The molecular formula is C20H16N2O4S2. The molecule has 0 unspecified atom stereocenters. The van der Waals surface area contributed by atoms with E-state index >= 15 is 0 Å². The van der Waals surface area contributed by atoms with Crippen LogP contribution in [0, 0.1) is 9.67 Å². The van der Waals surface area contributed by atoms with Crippen molar-refractivity contribution in [3.8, 4) is 0 Å². The molecule has 2 aromatic heterocycles. The van der Waals surface area contributed by atoms with Gasteiger partial charge in [0.25, 0.3) is 9.67 Å². The van der Waals surface area contributed by atoms with Gasteiger partial charge in [-0.25, -0.2) is 9.13 Å². The monoisotopic (exact) mass is 412 g/mol. The number of hydrogen-bond donors (Lipinski definition) is 0. The van der Waals surface area contributed by atoms with Crippen molar-refractivity contribution in [2.45, 2.75) is 25.7 Å². The summed E-state index contributed by atoms with van der Waals surface area (Å²) in [5.74, 6) is -0.291. The van der Waals surface area contributed by atoms with E-state index in [-0.39, 0.29) is 34.3 Å². The number of hydrogen-bond acceptors (Lipinski definition) is 6. The molecule has 28 heavy (non-hydrogen) atoms. The van der Waals surface area contributed by atoms with Crippen LogP contribution < -0.4 is 0 Å². The van der Waals surface area contributed by atoms with Crippen molar-refractivity contribution in [1.29, 1.82) is 0 Å². The van der Waals surface area contributed by atoms with Crippen LogP contribution in [0.4, 0.5) is 0 Å². The summed E-state index contributed by atoms with van der Waals surface area (Å²) in [6.07, 6.45) is 1.63. The number of rotatable bonds is 5. The molecule has 2 aromatic carbocycles. The van der Waals surface area contributed by atoms with E-state index in [0.29, 0.717) is 35.0 Å². The number of benzene rings is 2. The third-order valence-corrected chi connectivity index (χ3v) is 5.03. The Bertz CT molecular complexity index is 1210. The Morgan fingerprint density at radius 3 is 1.54 bits per heavy atom. The van der Waals surface area contributed by atoms with E-state index in [0.717, 1.165) is 0 Å². The minimum Gasteiger partial charge on any atom is -0.429 e. The van der Waals surface area contributed by atoms with Crippen molar-refractivity contribution in [1.82, 2.24) is 9.13 Å². The zero-order chi connectivity index (χ0) is 19.7. The van der Waals surface area contributed by atoms with E-state index < -0.39 is 0 Å². The number of unbranched alkanes of at least 4 members (excludes halogenated alkanes) is 1. The summed E-state index contributed by atoms with van der Waals surface area (Å²) in [6, 6.07) is 14.4. The molecule has 0 spiro atoms. The van der Waals surface area contributed by atoms with Gasteiger partial charge in [-0.15, -0.1) is 0 Å². The lowest BCUT2D eigenvalue weighted by Crippen LogP contribution is -2.12. The summed E-state index contributed by atoms with van der Waals surface area (Å²) < 4.78 is 13.7. The first-order valence-electron chi connectivity index (χ1n) is 8.84. The van der Waals surface area contributed by atoms with E-state index in [1.807, 2.05) is 24.3 Å². The van der Waals surface area contributed by atoms with E-state index in [9.17, 15) is 9.59 Å². The maximum atomic E-state index is 12.6. The molecular weight excluding hydrogens is 396 g/mol. The molecule has 142 valence electrons. The molecule has 4 aromatic rings. The average Bonchev–Trinajstić information content (AvgIpc) is 3.20. The maximum absolute atomic E-state index is 12.6. The molecule has 0 saturated heterocycles. The second kappa shape index (κ2) is 7.65. The van der Waals surface area contributed by atoms with Gasteiger partial charge >= 0.3 is 0 Å². The Morgan fingerprint density at radius 1 is 0.714 bits per heavy atom. The van der Waals surface area contributed by atoms with Gasteiger partial charge in [-0.05, 0) is 61.5 Å². The van der Waals surface area contributed by atoms with Crippen molar-refractivity contribution in [3.05, 3.63) is 58.2 Å². The van der Waals surface area contributed by atoms with E-state index in [1.165, 1.54) is 9.13 Å². The third kappa shape index (κ3) is 3.36. The topological polar surface area (TPSA) is 70.3 Å². The quantitative estimate of drug-likeness (QED) is 0.306. The standard InChI is InChI=1S/C20H16N2O4S2/c23-17(21-13-7-1-3-9-15(13)25-19(21)27)11-5-6-12-18(24)22-14-8-2-4-10-16(14)26-20(22)28/h1-4,7-10H,5-6,11-12H2. The Kier molecular flexibility index (Phi) is 5.06. The van der Waals surface area contributed by atoms with Gasteiger partial charge in [0, 0.05) is 12.8 Å². The minimum absolute atomic E-state index is 0.137. The van der Waals surface area contributed by atoms with Crippen LogP contribution in [0.25, 0.3) is 22.2 Å². The van der Waals surface area contributed by atoms with Gasteiger partial charge in [0.1, 0.15) is 0 Å². The molecule has 0 amide bonds. The molecule has 0 fully saturated rings. The molecule has 0 aliphatic carbocycles. The summed E-state index contributed by atoms with van der Waals surface area (Å²) in [5, 5.41) is 0. The Balaban J connectivity index is 1.40. The SMILES string of the molecule is O=C(CCCCC(=O)n1c(=S)oc2ccccc21)n1c(=S)oc2ccccc21. The Labute approximate surface area is 170 Å². The Morgan fingerprint density at radius 2 is 1.11 bits per heavy atom. The molecule has 0 atom stereocenters. The molecule has 0 radical (unpaired) electrons. The number of nitrogens with zero attached hydrogens (tertiary/aromatic N) is 2. The second-order valence-electron chi connectivity index (χ2n) is 6.34. The van der Waals surface area contributed by atoms with Crippen molar-refractivity contribution < 1.29 is 18.4 Å². The summed E-state index contributed by atoms with van der Waals surface area (Å²) in [4.78, 5) is 25.4. The van der Waals surface area contributed by atoms with Crippen molar-refractivity contribution in [3.63, 3.8) is 0 Å². The zero-order valence-electron chi connectivity index (χ0n) is 14.8. The lowest BCUT2D eigenvalue weighted by Gasteiger charge is -2.04. The fraction of sp³-hybridized carbons (Fsp3) is 0.200. The van der Waals surface area contributed by atoms with Crippen LogP contribution in [0.15, 0.2) is 57.4 Å². The highest BCUT2D eigenvalue weighted by Gasteiger charge is 2.15. The fourth-order valence-corrected chi connectivity index (χ4v) is 3.76. The third-order valence-electron chi connectivity index (χ3n) is 4.50. The second-order valence-corrected chi connectivity index (χ2v) is 7.04. The first kappa shape index (κ1) is 18.5. The van der Waals surface area contributed by atoms with Crippen LogP contribution in [-0.2, 0) is 0 Å². The van der Waals surface area contributed by atoms with Gasteiger partial charge in [-0.2, -0.15) is 0 Å². The predicted molar refractivity (Wildman–Crippen MR) is 110 cm³/mol. The molecule has 0 saturated carbocycles. The van der Waals surface area contributed by atoms with E-state index in [4.69, 9.17) is 33.3 Å². The number of aromatic nitrogens is 2. The first-order chi connectivity index (χ1) is 13.6. The number of fused-ring (bicyclic) bond motifs is 2. The lowest BCUT2D eigenvalue weighted by atomic mass is 10.1. The summed E-state index contributed by atoms with van der Waals surface area (Å²) in [7, 11) is 0. The maximum Gasteiger partial charge on any atom is 0.276 e. The molecule has 4 rings (SSSR count). The fourth-order valence-electron chi connectivity index (χ4n) is 3.18. The van der Waals surface area contributed by atoms with Crippen LogP contribution in [0.1, 0.15) is 35.3 Å². The summed E-state index contributed by atoms with van der Waals surface area (Å²) in [5.41, 5.74) is 2.48. The lowest BCUT2D eigenvalue weighted by molar-refractivity contribution is 0.0871. The van der Waals surface area contributed by atoms with Crippen LogP contribution in [0.2, 0.25) is 0 Å². The molecule has 0 N–H and O–H groups in total. The predicted octanol–water partition coefficient (Wildman–Crippen LogP) is 5.78. The minimum atomic E-state index is -0.146. The van der Waals surface area contributed by atoms with Gasteiger partial charge in [-0.1, -0.05) is 24.3 Å². The number of oxazole rings is 2. The van der Waals surface area contributed by atoms with E-state index in [2.05, 4.69) is 0 Å². The molecule has 6 nitrogen and oxygen atoms in total. The van der Waals surface area contributed by atoms with E-state index in [1.54, 1.807) is 24.3 Å². The highest BCUT2D eigenvalue weighted by atomic mass is 32.1. The number of carbonyl (C=O) groups is 2.